The summed E-state index contributed by atoms with van der Waals surface area (Å²) in [6, 6.07) is 14.7. The van der Waals surface area contributed by atoms with Gasteiger partial charge in [0.2, 0.25) is 0 Å². The molecule has 0 spiro atoms. The molecular weight excluding hydrogens is 332 g/mol. The van der Waals surface area contributed by atoms with Crippen LogP contribution in [-0.2, 0) is 16.1 Å². The monoisotopic (exact) mass is 352 g/mol. The van der Waals surface area contributed by atoms with Gasteiger partial charge in [0, 0.05) is 6.54 Å². The number of rotatable bonds is 7. The third-order valence-corrected chi connectivity index (χ3v) is 3.88. The van der Waals surface area contributed by atoms with Gasteiger partial charge >= 0.3 is 5.97 Å². The van der Waals surface area contributed by atoms with Crippen molar-refractivity contribution in [1.29, 1.82) is 0 Å². The van der Waals surface area contributed by atoms with Crippen LogP contribution in [0.1, 0.15) is 12.0 Å². The second-order valence-corrected chi connectivity index (χ2v) is 5.94. The molecule has 2 aromatic carbocycles. The number of benzene rings is 2. The smallest absolute Gasteiger partial charge is 0.344 e. The normalized spacial score (nSPS) is 10.7. The van der Waals surface area contributed by atoms with E-state index < -0.39 is 5.97 Å². The number of fused-ring (bicyclic) bond motifs is 1. The molecular formula is C20H20N2O4. The molecule has 1 heterocycles. The number of aryl methyl sites for hydroxylation is 2. The van der Waals surface area contributed by atoms with Crippen molar-refractivity contribution in [3.05, 3.63) is 70.8 Å². The molecule has 1 aromatic heterocycles. The number of aromatic nitrogens is 2. The fraction of sp³-hybridized carbons (Fsp3) is 0.250. The molecule has 0 aliphatic carbocycles. The van der Waals surface area contributed by atoms with E-state index in [9.17, 15) is 9.59 Å². The van der Waals surface area contributed by atoms with Crippen molar-refractivity contribution >= 4 is 16.9 Å². The topological polar surface area (TPSA) is 70.4 Å². The third kappa shape index (κ3) is 4.47. The molecule has 0 aliphatic rings. The Morgan fingerprint density at radius 1 is 1.15 bits per heavy atom. The number of hydrogen-bond acceptors (Lipinski definition) is 5. The standard InChI is InChI=1S/C20H20N2O4/c1-15-6-4-7-16(12-15)26-13-19(23)25-11-5-10-22-14-21-18-9-3-2-8-17(18)20(22)24/h2-4,6-9,12,14H,5,10-11,13H2,1H3. The lowest BCUT2D eigenvalue weighted by Crippen LogP contribution is -2.22. The maximum absolute atomic E-state index is 12.3. The van der Waals surface area contributed by atoms with Gasteiger partial charge in [0.25, 0.3) is 5.56 Å². The zero-order valence-electron chi connectivity index (χ0n) is 14.6. The maximum Gasteiger partial charge on any atom is 0.344 e. The quantitative estimate of drug-likeness (QED) is 0.483. The molecule has 0 aliphatic heterocycles. The summed E-state index contributed by atoms with van der Waals surface area (Å²) in [5, 5.41) is 0.582. The highest BCUT2D eigenvalue weighted by Crippen LogP contribution is 2.12. The van der Waals surface area contributed by atoms with E-state index >= 15 is 0 Å². The highest BCUT2D eigenvalue weighted by atomic mass is 16.6. The highest BCUT2D eigenvalue weighted by molar-refractivity contribution is 5.76. The minimum Gasteiger partial charge on any atom is -0.482 e. The van der Waals surface area contributed by atoms with Crippen molar-refractivity contribution in [3.8, 4) is 5.75 Å². The number of nitrogens with zero attached hydrogens (tertiary/aromatic N) is 2. The fourth-order valence-corrected chi connectivity index (χ4v) is 2.58. The van der Waals surface area contributed by atoms with E-state index in [0.29, 0.717) is 29.6 Å². The Morgan fingerprint density at radius 3 is 2.85 bits per heavy atom. The highest BCUT2D eigenvalue weighted by Gasteiger charge is 2.06. The molecule has 3 aromatic rings. The van der Waals surface area contributed by atoms with Crippen LogP contribution in [0.2, 0.25) is 0 Å². The Labute approximate surface area is 151 Å². The Hall–Kier alpha value is -3.15. The molecule has 134 valence electrons. The van der Waals surface area contributed by atoms with Crippen LogP contribution in [0.4, 0.5) is 0 Å². The number of hydrogen-bond donors (Lipinski definition) is 0. The Morgan fingerprint density at radius 2 is 2.00 bits per heavy atom. The van der Waals surface area contributed by atoms with Crippen LogP contribution in [0.15, 0.2) is 59.7 Å². The summed E-state index contributed by atoms with van der Waals surface area (Å²) < 4.78 is 12.1. The van der Waals surface area contributed by atoms with E-state index in [2.05, 4.69) is 4.98 Å². The van der Waals surface area contributed by atoms with Gasteiger partial charge in [0.15, 0.2) is 6.61 Å². The van der Waals surface area contributed by atoms with E-state index in [1.807, 2.05) is 37.3 Å². The fourth-order valence-electron chi connectivity index (χ4n) is 2.58. The zero-order valence-corrected chi connectivity index (χ0v) is 14.6. The van der Waals surface area contributed by atoms with Crippen LogP contribution in [0.5, 0.6) is 5.75 Å². The first-order chi connectivity index (χ1) is 12.6. The van der Waals surface area contributed by atoms with Gasteiger partial charge in [-0.3, -0.25) is 9.36 Å². The third-order valence-electron chi connectivity index (χ3n) is 3.88. The molecule has 6 nitrogen and oxygen atoms in total. The summed E-state index contributed by atoms with van der Waals surface area (Å²) in [5.41, 5.74) is 1.64. The lowest BCUT2D eigenvalue weighted by atomic mass is 10.2. The van der Waals surface area contributed by atoms with Crippen molar-refractivity contribution in [2.75, 3.05) is 13.2 Å². The van der Waals surface area contributed by atoms with Gasteiger partial charge in [-0.2, -0.15) is 0 Å². The number of para-hydroxylation sites is 1. The number of carbonyl (C=O) groups excluding carboxylic acids is 1. The molecule has 0 radical (unpaired) electrons. The van der Waals surface area contributed by atoms with E-state index in [1.165, 1.54) is 10.9 Å². The van der Waals surface area contributed by atoms with Crippen molar-refractivity contribution in [2.45, 2.75) is 19.9 Å². The SMILES string of the molecule is Cc1cccc(OCC(=O)OCCCn2cnc3ccccc3c2=O)c1. The largest absolute Gasteiger partial charge is 0.482 e. The molecule has 0 saturated carbocycles. The first-order valence-corrected chi connectivity index (χ1v) is 8.43. The van der Waals surface area contributed by atoms with Crippen LogP contribution in [0.25, 0.3) is 10.9 Å². The Balaban J connectivity index is 1.44. The van der Waals surface area contributed by atoms with Gasteiger partial charge in [-0.25, -0.2) is 9.78 Å². The van der Waals surface area contributed by atoms with Gasteiger partial charge in [-0.05, 0) is 43.2 Å². The molecule has 0 saturated heterocycles. The van der Waals surface area contributed by atoms with Gasteiger partial charge < -0.3 is 9.47 Å². The van der Waals surface area contributed by atoms with Crippen LogP contribution < -0.4 is 10.3 Å². The van der Waals surface area contributed by atoms with E-state index in [0.717, 1.165) is 5.56 Å². The van der Waals surface area contributed by atoms with Gasteiger partial charge in [0.05, 0.1) is 23.8 Å². The Kier molecular flexibility index (Phi) is 5.63. The maximum atomic E-state index is 12.3. The summed E-state index contributed by atoms with van der Waals surface area (Å²) in [6.45, 7) is 2.47. The summed E-state index contributed by atoms with van der Waals surface area (Å²) >= 11 is 0. The molecule has 0 unspecified atom stereocenters. The molecule has 0 amide bonds. The first-order valence-electron chi connectivity index (χ1n) is 8.43. The molecule has 0 N–H and O–H groups in total. The van der Waals surface area contributed by atoms with Gasteiger partial charge in [0.1, 0.15) is 5.75 Å². The van der Waals surface area contributed by atoms with E-state index in [1.54, 1.807) is 18.2 Å². The Bertz CT molecular complexity index is 965. The second-order valence-electron chi connectivity index (χ2n) is 5.94. The van der Waals surface area contributed by atoms with Crippen LogP contribution in [0, 0.1) is 6.92 Å². The van der Waals surface area contributed by atoms with Crippen molar-refractivity contribution < 1.29 is 14.3 Å². The number of ether oxygens (including phenoxy) is 2. The van der Waals surface area contributed by atoms with Gasteiger partial charge in [-0.15, -0.1) is 0 Å². The van der Waals surface area contributed by atoms with Crippen molar-refractivity contribution in [2.24, 2.45) is 0 Å². The van der Waals surface area contributed by atoms with Gasteiger partial charge in [-0.1, -0.05) is 24.3 Å². The minimum absolute atomic E-state index is 0.0929. The minimum atomic E-state index is -0.435. The molecule has 0 atom stereocenters. The lowest BCUT2D eigenvalue weighted by molar-refractivity contribution is -0.146. The predicted octanol–water partition coefficient (Wildman–Crippen LogP) is 2.72. The average molecular weight is 352 g/mol. The molecule has 0 fully saturated rings. The predicted molar refractivity (Wildman–Crippen MR) is 98.3 cm³/mol. The first kappa shape index (κ1) is 17.7. The summed E-state index contributed by atoms with van der Waals surface area (Å²) in [7, 11) is 0. The van der Waals surface area contributed by atoms with Crippen molar-refractivity contribution in [3.63, 3.8) is 0 Å². The zero-order chi connectivity index (χ0) is 18.4. The number of carbonyl (C=O) groups is 1. The lowest BCUT2D eigenvalue weighted by Gasteiger charge is -2.09. The second kappa shape index (κ2) is 8.29. The van der Waals surface area contributed by atoms with Crippen LogP contribution >= 0.6 is 0 Å². The molecule has 0 bridgehead atoms. The van der Waals surface area contributed by atoms with E-state index in [-0.39, 0.29) is 18.8 Å². The summed E-state index contributed by atoms with van der Waals surface area (Å²) in [4.78, 5) is 28.3. The van der Waals surface area contributed by atoms with Crippen LogP contribution in [-0.4, -0.2) is 28.7 Å². The molecule has 6 heteroatoms. The summed E-state index contributed by atoms with van der Waals surface area (Å²) in [5.74, 6) is 0.200. The number of esters is 1. The van der Waals surface area contributed by atoms with E-state index in [4.69, 9.17) is 9.47 Å². The average Bonchev–Trinajstić information content (AvgIpc) is 2.65. The van der Waals surface area contributed by atoms with Crippen molar-refractivity contribution in [1.82, 2.24) is 9.55 Å². The molecule has 3 rings (SSSR count). The van der Waals surface area contributed by atoms with Crippen LogP contribution in [0.3, 0.4) is 0 Å². The molecule has 26 heavy (non-hydrogen) atoms. The summed E-state index contributed by atoms with van der Waals surface area (Å²) in [6.07, 6.45) is 2.05.